The van der Waals surface area contributed by atoms with Crippen molar-refractivity contribution in [2.24, 2.45) is 0 Å². The van der Waals surface area contributed by atoms with Crippen LogP contribution in [0, 0.1) is 0 Å². The van der Waals surface area contributed by atoms with Crippen LogP contribution in [0.25, 0.3) is 0 Å². The molecule has 98 valence electrons. The number of aryl methyl sites for hydroxylation is 1. The Kier molecular flexibility index (Phi) is 4.82. The van der Waals surface area contributed by atoms with E-state index in [-0.39, 0.29) is 12.0 Å². The summed E-state index contributed by atoms with van der Waals surface area (Å²) in [4.78, 5) is 20.9. The second-order valence-electron chi connectivity index (χ2n) is 3.86. The maximum Gasteiger partial charge on any atom is 0.335 e. The van der Waals surface area contributed by atoms with Crippen LogP contribution in [-0.2, 0) is 16.0 Å². The molecule has 1 rings (SSSR count). The molecule has 0 spiro atoms. The van der Waals surface area contributed by atoms with Crippen LogP contribution in [0.15, 0.2) is 24.3 Å². The zero-order chi connectivity index (χ0) is 13.7. The maximum atomic E-state index is 10.5. The van der Waals surface area contributed by atoms with Gasteiger partial charge in [0.15, 0.2) is 6.10 Å². The van der Waals surface area contributed by atoms with Crippen LogP contribution >= 0.6 is 0 Å². The zero-order valence-corrected chi connectivity index (χ0v) is 9.48. The molecule has 0 aromatic heterocycles. The van der Waals surface area contributed by atoms with E-state index in [1.54, 1.807) is 12.1 Å². The first-order valence-electron chi connectivity index (χ1n) is 5.31. The number of hydrogen-bond acceptors (Lipinski definition) is 4. The van der Waals surface area contributed by atoms with Crippen molar-refractivity contribution >= 4 is 11.9 Å². The van der Waals surface area contributed by atoms with Gasteiger partial charge in [0, 0.05) is 6.42 Å². The summed E-state index contributed by atoms with van der Waals surface area (Å²) in [5, 5.41) is 35.8. The van der Waals surface area contributed by atoms with Gasteiger partial charge in [0.25, 0.3) is 0 Å². The van der Waals surface area contributed by atoms with Gasteiger partial charge in [0.1, 0.15) is 6.10 Å². The zero-order valence-electron chi connectivity index (χ0n) is 9.48. The number of carbonyl (C=O) groups is 2. The first-order valence-corrected chi connectivity index (χ1v) is 5.31. The Morgan fingerprint density at radius 2 is 1.61 bits per heavy atom. The molecular weight excluding hydrogens is 240 g/mol. The van der Waals surface area contributed by atoms with Crippen LogP contribution in [0.2, 0.25) is 0 Å². The van der Waals surface area contributed by atoms with E-state index in [0.29, 0.717) is 6.42 Å². The molecule has 0 saturated heterocycles. The van der Waals surface area contributed by atoms with Crippen molar-refractivity contribution in [3.8, 4) is 0 Å². The maximum absolute atomic E-state index is 10.5. The molecule has 0 heterocycles. The standard InChI is InChI=1S/C12H14O6/c13-9(14)6-3-7-1-4-8(5-2-7)10(15)11(16)12(17)18/h1-2,4-5,10-11,15-16H,3,6H2,(H,13,14)(H,17,18). The van der Waals surface area contributed by atoms with Crippen molar-refractivity contribution in [1.82, 2.24) is 0 Å². The summed E-state index contributed by atoms with van der Waals surface area (Å²) in [5.74, 6) is -2.40. The number of aliphatic carboxylic acids is 2. The predicted molar refractivity (Wildman–Crippen MR) is 61.0 cm³/mol. The lowest BCUT2D eigenvalue weighted by Gasteiger charge is -2.14. The lowest BCUT2D eigenvalue weighted by atomic mass is 10.0. The minimum Gasteiger partial charge on any atom is -0.481 e. The van der Waals surface area contributed by atoms with Gasteiger partial charge in [-0.2, -0.15) is 0 Å². The van der Waals surface area contributed by atoms with Gasteiger partial charge in [-0.1, -0.05) is 24.3 Å². The van der Waals surface area contributed by atoms with Crippen molar-refractivity contribution in [3.05, 3.63) is 35.4 Å². The summed E-state index contributed by atoms with van der Waals surface area (Å²) in [6.07, 6.45) is -3.03. The summed E-state index contributed by atoms with van der Waals surface area (Å²) in [6, 6.07) is 6.12. The highest BCUT2D eigenvalue weighted by Crippen LogP contribution is 2.18. The lowest BCUT2D eigenvalue weighted by molar-refractivity contribution is -0.153. The van der Waals surface area contributed by atoms with Crippen LogP contribution in [0.4, 0.5) is 0 Å². The predicted octanol–water partition coefficient (Wildman–Crippen LogP) is 0.183. The number of aliphatic hydroxyl groups excluding tert-OH is 2. The number of carboxylic acids is 2. The molecule has 0 aliphatic carbocycles. The summed E-state index contributed by atoms with van der Waals surface area (Å²) >= 11 is 0. The van der Waals surface area contributed by atoms with Crippen molar-refractivity contribution in [2.45, 2.75) is 25.0 Å². The molecule has 2 atom stereocenters. The van der Waals surface area contributed by atoms with Crippen molar-refractivity contribution < 1.29 is 30.0 Å². The van der Waals surface area contributed by atoms with E-state index in [1.165, 1.54) is 12.1 Å². The van der Waals surface area contributed by atoms with Crippen LogP contribution in [0.3, 0.4) is 0 Å². The minimum absolute atomic E-state index is 0.000346. The van der Waals surface area contributed by atoms with Gasteiger partial charge in [-0.3, -0.25) is 4.79 Å². The summed E-state index contributed by atoms with van der Waals surface area (Å²) in [7, 11) is 0. The highest BCUT2D eigenvalue weighted by atomic mass is 16.4. The van der Waals surface area contributed by atoms with Crippen LogP contribution < -0.4 is 0 Å². The molecule has 0 radical (unpaired) electrons. The Morgan fingerprint density at radius 1 is 1.06 bits per heavy atom. The third-order valence-electron chi connectivity index (χ3n) is 2.50. The Bertz CT molecular complexity index is 425. The first-order chi connectivity index (χ1) is 8.41. The molecular formula is C12H14O6. The smallest absolute Gasteiger partial charge is 0.335 e. The quantitative estimate of drug-likeness (QED) is 0.575. The van der Waals surface area contributed by atoms with E-state index in [1.807, 2.05) is 0 Å². The molecule has 0 aliphatic rings. The third-order valence-corrected chi connectivity index (χ3v) is 2.50. The number of benzene rings is 1. The van der Waals surface area contributed by atoms with Crippen molar-refractivity contribution in [1.29, 1.82) is 0 Å². The van der Waals surface area contributed by atoms with Gasteiger partial charge in [0.2, 0.25) is 0 Å². The van der Waals surface area contributed by atoms with Crippen molar-refractivity contribution in [3.63, 3.8) is 0 Å². The van der Waals surface area contributed by atoms with Gasteiger partial charge in [-0.25, -0.2) is 4.79 Å². The fourth-order valence-electron chi connectivity index (χ4n) is 1.45. The largest absolute Gasteiger partial charge is 0.481 e. The number of rotatable bonds is 6. The van der Waals surface area contributed by atoms with Gasteiger partial charge in [-0.05, 0) is 17.5 Å². The average Bonchev–Trinajstić information content (AvgIpc) is 2.35. The molecule has 0 aliphatic heterocycles. The molecule has 18 heavy (non-hydrogen) atoms. The molecule has 6 heteroatoms. The van der Waals surface area contributed by atoms with Gasteiger partial charge in [-0.15, -0.1) is 0 Å². The molecule has 1 aromatic rings. The third kappa shape index (κ3) is 3.83. The van der Waals surface area contributed by atoms with E-state index in [2.05, 4.69) is 0 Å². The molecule has 0 saturated carbocycles. The number of carboxylic acid groups (broad SMARTS) is 2. The van der Waals surface area contributed by atoms with E-state index in [9.17, 15) is 14.7 Å². The molecule has 4 N–H and O–H groups in total. The molecule has 0 amide bonds. The topological polar surface area (TPSA) is 115 Å². The van der Waals surface area contributed by atoms with Crippen LogP contribution in [-0.4, -0.2) is 38.5 Å². The Balaban J connectivity index is 2.70. The summed E-state index contributed by atoms with van der Waals surface area (Å²) < 4.78 is 0. The molecule has 0 fully saturated rings. The fraction of sp³-hybridized carbons (Fsp3) is 0.333. The number of aliphatic hydroxyl groups is 2. The van der Waals surface area contributed by atoms with E-state index >= 15 is 0 Å². The summed E-state index contributed by atoms with van der Waals surface area (Å²) in [5.41, 5.74) is 1.03. The molecule has 0 bridgehead atoms. The highest BCUT2D eigenvalue weighted by molar-refractivity contribution is 5.73. The molecule has 1 aromatic carbocycles. The minimum atomic E-state index is -1.88. The second-order valence-corrected chi connectivity index (χ2v) is 3.86. The van der Waals surface area contributed by atoms with Crippen LogP contribution in [0.5, 0.6) is 0 Å². The lowest BCUT2D eigenvalue weighted by Crippen LogP contribution is -2.27. The van der Waals surface area contributed by atoms with E-state index < -0.39 is 24.1 Å². The van der Waals surface area contributed by atoms with E-state index in [0.717, 1.165) is 5.56 Å². The number of hydrogen-bond donors (Lipinski definition) is 4. The van der Waals surface area contributed by atoms with Gasteiger partial charge in [0.05, 0.1) is 0 Å². The molecule has 6 nitrogen and oxygen atoms in total. The average molecular weight is 254 g/mol. The monoisotopic (exact) mass is 254 g/mol. The van der Waals surface area contributed by atoms with Crippen molar-refractivity contribution in [2.75, 3.05) is 0 Å². The Morgan fingerprint density at radius 3 is 2.06 bits per heavy atom. The SMILES string of the molecule is O=C(O)CCc1ccc(C(O)C(O)C(=O)O)cc1. The van der Waals surface area contributed by atoms with Gasteiger partial charge < -0.3 is 20.4 Å². The van der Waals surface area contributed by atoms with E-state index in [4.69, 9.17) is 15.3 Å². The Labute approximate surface area is 103 Å². The van der Waals surface area contributed by atoms with Gasteiger partial charge >= 0.3 is 11.9 Å². The fourth-order valence-corrected chi connectivity index (χ4v) is 1.45. The normalized spacial score (nSPS) is 13.9. The Hall–Kier alpha value is -1.92. The highest BCUT2D eigenvalue weighted by Gasteiger charge is 2.24. The summed E-state index contributed by atoms with van der Waals surface area (Å²) in [6.45, 7) is 0. The molecule has 2 unspecified atom stereocenters. The van der Waals surface area contributed by atoms with Crippen LogP contribution in [0.1, 0.15) is 23.7 Å². The first kappa shape index (κ1) is 14.1. The second kappa shape index (κ2) is 6.13.